The van der Waals surface area contributed by atoms with Gasteiger partial charge in [-0.3, -0.25) is 0 Å². The lowest BCUT2D eigenvalue weighted by atomic mass is 9.99. The fourth-order valence-electron chi connectivity index (χ4n) is 2.34. The van der Waals surface area contributed by atoms with Crippen LogP contribution >= 0.6 is 11.3 Å². The number of hydrogen-bond acceptors (Lipinski definition) is 2. The second-order valence-corrected chi connectivity index (χ2v) is 5.64. The van der Waals surface area contributed by atoms with Crippen LogP contribution in [0.1, 0.15) is 17.2 Å². The molecule has 1 atom stereocenters. The number of hydrogen-bond donors (Lipinski definition) is 1. The van der Waals surface area contributed by atoms with Crippen molar-refractivity contribution in [3.63, 3.8) is 0 Å². The first-order valence-electron chi connectivity index (χ1n) is 6.31. The van der Waals surface area contributed by atoms with E-state index in [0.717, 1.165) is 23.1 Å². The van der Waals surface area contributed by atoms with Gasteiger partial charge >= 0.3 is 0 Å². The van der Waals surface area contributed by atoms with Crippen LogP contribution in [0.5, 0.6) is 0 Å². The molecule has 4 heteroatoms. The Balaban J connectivity index is 1.92. The zero-order chi connectivity index (χ0) is 14.1. The molecule has 1 nitrogen and oxygen atoms in total. The van der Waals surface area contributed by atoms with E-state index in [1.165, 1.54) is 10.8 Å². The second kappa shape index (κ2) is 5.31. The van der Waals surface area contributed by atoms with Crippen LogP contribution in [0.15, 0.2) is 47.8 Å². The van der Waals surface area contributed by atoms with Crippen LogP contribution in [0.4, 0.5) is 8.78 Å². The SMILES string of the molecule is NC(Cc1csc2ccccc12)c1cc(F)ccc1F. The standard InChI is InChI=1S/C16H13F2NS/c17-11-5-6-14(18)13(8-11)15(19)7-10-9-20-16-4-2-1-3-12(10)16/h1-6,8-9,15H,7,19H2. The van der Waals surface area contributed by atoms with E-state index in [1.807, 2.05) is 29.6 Å². The molecule has 0 aliphatic heterocycles. The van der Waals surface area contributed by atoms with Crippen LogP contribution < -0.4 is 5.73 Å². The fraction of sp³-hybridized carbons (Fsp3) is 0.125. The Morgan fingerprint density at radius 2 is 1.90 bits per heavy atom. The van der Waals surface area contributed by atoms with E-state index < -0.39 is 17.7 Å². The molecule has 102 valence electrons. The molecule has 0 bridgehead atoms. The van der Waals surface area contributed by atoms with E-state index >= 15 is 0 Å². The van der Waals surface area contributed by atoms with Crippen molar-refractivity contribution in [3.8, 4) is 0 Å². The van der Waals surface area contributed by atoms with Crippen LogP contribution in [0, 0.1) is 11.6 Å². The molecule has 1 unspecified atom stereocenters. The van der Waals surface area contributed by atoms with Crippen LogP contribution in [0.3, 0.4) is 0 Å². The molecule has 0 spiro atoms. The summed E-state index contributed by atoms with van der Waals surface area (Å²) >= 11 is 1.64. The van der Waals surface area contributed by atoms with Crippen LogP contribution in [-0.2, 0) is 6.42 Å². The molecule has 3 aromatic rings. The Bertz CT molecular complexity index is 751. The van der Waals surface area contributed by atoms with Crippen molar-refractivity contribution in [2.24, 2.45) is 5.73 Å². The maximum Gasteiger partial charge on any atom is 0.128 e. The molecule has 0 aliphatic rings. The van der Waals surface area contributed by atoms with Gasteiger partial charge in [0.2, 0.25) is 0 Å². The van der Waals surface area contributed by atoms with Crippen molar-refractivity contribution in [1.82, 2.24) is 0 Å². The van der Waals surface area contributed by atoms with E-state index in [0.29, 0.717) is 6.42 Å². The summed E-state index contributed by atoms with van der Waals surface area (Å²) in [5.41, 5.74) is 7.34. The summed E-state index contributed by atoms with van der Waals surface area (Å²) in [4.78, 5) is 0. The number of benzene rings is 2. The van der Waals surface area contributed by atoms with Crippen molar-refractivity contribution in [2.45, 2.75) is 12.5 Å². The molecular weight excluding hydrogens is 276 g/mol. The lowest BCUT2D eigenvalue weighted by molar-refractivity contribution is 0.561. The highest BCUT2D eigenvalue weighted by Gasteiger charge is 2.15. The van der Waals surface area contributed by atoms with E-state index in [2.05, 4.69) is 0 Å². The average molecular weight is 289 g/mol. The molecule has 20 heavy (non-hydrogen) atoms. The first-order valence-corrected chi connectivity index (χ1v) is 7.19. The molecule has 2 aromatic carbocycles. The first-order chi connectivity index (χ1) is 9.65. The van der Waals surface area contributed by atoms with Gasteiger partial charge in [0, 0.05) is 16.3 Å². The summed E-state index contributed by atoms with van der Waals surface area (Å²) in [5.74, 6) is -0.925. The number of fused-ring (bicyclic) bond motifs is 1. The van der Waals surface area contributed by atoms with Gasteiger partial charge in [-0.2, -0.15) is 0 Å². The molecule has 0 saturated carbocycles. The van der Waals surface area contributed by atoms with Crippen molar-refractivity contribution in [2.75, 3.05) is 0 Å². The third-order valence-electron chi connectivity index (χ3n) is 3.36. The normalized spacial score (nSPS) is 12.8. The van der Waals surface area contributed by atoms with Crippen molar-refractivity contribution >= 4 is 21.4 Å². The highest BCUT2D eigenvalue weighted by Crippen LogP contribution is 2.29. The largest absolute Gasteiger partial charge is 0.324 e. The van der Waals surface area contributed by atoms with Gasteiger partial charge in [0.15, 0.2) is 0 Å². The summed E-state index contributed by atoms with van der Waals surface area (Å²) in [6.07, 6.45) is 0.490. The van der Waals surface area contributed by atoms with Gasteiger partial charge in [-0.05, 0) is 47.0 Å². The molecule has 2 N–H and O–H groups in total. The Morgan fingerprint density at radius 3 is 2.75 bits per heavy atom. The quantitative estimate of drug-likeness (QED) is 0.758. The van der Waals surface area contributed by atoms with Gasteiger partial charge < -0.3 is 5.73 Å². The number of rotatable bonds is 3. The second-order valence-electron chi connectivity index (χ2n) is 4.73. The van der Waals surface area contributed by atoms with Crippen LogP contribution in [-0.4, -0.2) is 0 Å². The third-order valence-corrected chi connectivity index (χ3v) is 4.37. The molecule has 0 amide bonds. The minimum Gasteiger partial charge on any atom is -0.324 e. The van der Waals surface area contributed by atoms with E-state index in [4.69, 9.17) is 5.73 Å². The predicted molar refractivity (Wildman–Crippen MR) is 78.8 cm³/mol. The van der Waals surface area contributed by atoms with Gasteiger partial charge in [0.25, 0.3) is 0 Å². The number of halogens is 2. The predicted octanol–water partition coefficient (Wildman–Crippen LogP) is 4.42. The Kier molecular flexibility index (Phi) is 3.51. The minimum atomic E-state index is -0.552. The topological polar surface area (TPSA) is 26.0 Å². The Morgan fingerprint density at radius 1 is 1.10 bits per heavy atom. The number of nitrogens with two attached hydrogens (primary N) is 1. The van der Waals surface area contributed by atoms with Crippen LogP contribution in [0.2, 0.25) is 0 Å². The monoisotopic (exact) mass is 289 g/mol. The van der Waals surface area contributed by atoms with E-state index in [9.17, 15) is 8.78 Å². The minimum absolute atomic E-state index is 0.222. The zero-order valence-corrected chi connectivity index (χ0v) is 11.5. The van der Waals surface area contributed by atoms with Gasteiger partial charge in [0.05, 0.1) is 0 Å². The lowest BCUT2D eigenvalue weighted by Gasteiger charge is -2.12. The highest BCUT2D eigenvalue weighted by atomic mass is 32.1. The molecule has 1 aromatic heterocycles. The Hall–Kier alpha value is -1.78. The Labute approximate surface area is 119 Å². The molecule has 0 saturated heterocycles. The maximum absolute atomic E-state index is 13.7. The van der Waals surface area contributed by atoms with Crippen molar-refractivity contribution < 1.29 is 8.78 Å². The third kappa shape index (κ3) is 2.44. The lowest BCUT2D eigenvalue weighted by Crippen LogP contribution is -2.15. The summed E-state index contributed by atoms with van der Waals surface area (Å²) in [6, 6.07) is 10.9. The van der Waals surface area contributed by atoms with Gasteiger partial charge in [-0.25, -0.2) is 8.78 Å². The van der Waals surface area contributed by atoms with E-state index in [1.54, 1.807) is 11.3 Å². The average Bonchev–Trinajstić information content (AvgIpc) is 2.85. The molecule has 0 radical (unpaired) electrons. The van der Waals surface area contributed by atoms with Crippen molar-refractivity contribution in [1.29, 1.82) is 0 Å². The summed E-state index contributed by atoms with van der Waals surface area (Å²) in [5, 5.41) is 3.16. The molecule has 0 fully saturated rings. The smallest absolute Gasteiger partial charge is 0.128 e. The number of thiophene rings is 1. The molecule has 3 rings (SSSR count). The zero-order valence-electron chi connectivity index (χ0n) is 10.6. The first kappa shape index (κ1) is 13.2. The molecule has 0 aliphatic carbocycles. The molecule has 1 heterocycles. The van der Waals surface area contributed by atoms with Gasteiger partial charge in [-0.1, -0.05) is 18.2 Å². The maximum atomic E-state index is 13.7. The summed E-state index contributed by atoms with van der Waals surface area (Å²) in [6.45, 7) is 0. The fourth-order valence-corrected chi connectivity index (χ4v) is 3.31. The van der Waals surface area contributed by atoms with E-state index in [-0.39, 0.29) is 5.56 Å². The highest BCUT2D eigenvalue weighted by molar-refractivity contribution is 7.17. The van der Waals surface area contributed by atoms with Crippen LogP contribution in [0.25, 0.3) is 10.1 Å². The summed E-state index contributed by atoms with van der Waals surface area (Å²) < 4.78 is 28.1. The van der Waals surface area contributed by atoms with Gasteiger partial charge in [-0.15, -0.1) is 11.3 Å². The van der Waals surface area contributed by atoms with Gasteiger partial charge in [0.1, 0.15) is 11.6 Å². The molecular formula is C16H13F2NS. The summed E-state index contributed by atoms with van der Waals surface area (Å²) in [7, 11) is 0. The van der Waals surface area contributed by atoms with Crippen molar-refractivity contribution in [3.05, 3.63) is 70.6 Å².